The van der Waals surface area contributed by atoms with Crippen LogP contribution in [0.5, 0.6) is 0 Å². The molecule has 0 aliphatic heterocycles. The Bertz CT molecular complexity index is 614. The number of rotatable bonds is 3. The van der Waals surface area contributed by atoms with E-state index in [1.807, 2.05) is 0 Å². The molecule has 112 valence electrons. The van der Waals surface area contributed by atoms with Gasteiger partial charge >= 0.3 is 6.18 Å². The quantitative estimate of drug-likeness (QED) is 0.831. The Kier molecular flexibility index (Phi) is 4.32. The van der Waals surface area contributed by atoms with Gasteiger partial charge in [0.2, 0.25) is 0 Å². The third-order valence-corrected chi connectivity index (χ3v) is 3.13. The van der Waals surface area contributed by atoms with Gasteiger partial charge < -0.3 is 5.11 Å². The predicted octanol–water partition coefficient (Wildman–Crippen LogP) is 4.43. The Morgan fingerprint density at radius 1 is 1.10 bits per heavy atom. The number of aliphatic hydroxyl groups excluding tert-OH is 1. The van der Waals surface area contributed by atoms with Crippen LogP contribution in [0, 0.1) is 12.7 Å². The Morgan fingerprint density at radius 2 is 1.81 bits per heavy atom. The third-order valence-electron chi connectivity index (χ3n) is 3.13. The van der Waals surface area contributed by atoms with E-state index in [2.05, 4.69) is 0 Å². The van der Waals surface area contributed by atoms with Crippen molar-refractivity contribution in [1.29, 1.82) is 0 Å². The van der Waals surface area contributed by atoms with Gasteiger partial charge in [0.15, 0.2) is 0 Å². The van der Waals surface area contributed by atoms with Crippen molar-refractivity contribution in [2.24, 2.45) is 0 Å². The summed E-state index contributed by atoms with van der Waals surface area (Å²) in [5.74, 6) is -0.479. The second-order valence-electron chi connectivity index (χ2n) is 4.98. The fourth-order valence-corrected chi connectivity index (χ4v) is 2.17. The molecular weight excluding hydrogens is 284 g/mol. The van der Waals surface area contributed by atoms with Crippen molar-refractivity contribution < 1.29 is 22.7 Å². The summed E-state index contributed by atoms with van der Waals surface area (Å²) in [5.41, 5.74) is 0.583. The molecule has 2 rings (SSSR count). The molecular formula is C16H14F4O. The van der Waals surface area contributed by atoms with Crippen molar-refractivity contribution in [3.05, 3.63) is 70.5 Å². The SMILES string of the molecule is Cc1cc(F)cc(C(O)Cc2cccc(C(F)(F)F)c2)c1. The summed E-state index contributed by atoms with van der Waals surface area (Å²) in [5, 5.41) is 10.1. The maximum absolute atomic E-state index is 13.3. The number of aliphatic hydroxyl groups is 1. The summed E-state index contributed by atoms with van der Waals surface area (Å²) in [6.07, 6.45) is -5.48. The number of hydrogen-bond acceptors (Lipinski definition) is 1. The molecule has 1 atom stereocenters. The fraction of sp³-hybridized carbons (Fsp3) is 0.250. The van der Waals surface area contributed by atoms with Crippen LogP contribution in [0.3, 0.4) is 0 Å². The van der Waals surface area contributed by atoms with Crippen molar-refractivity contribution in [2.45, 2.75) is 25.6 Å². The van der Waals surface area contributed by atoms with Gasteiger partial charge in [0.25, 0.3) is 0 Å². The van der Waals surface area contributed by atoms with Crippen LogP contribution < -0.4 is 0 Å². The second kappa shape index (κ2) is 5.85. The van der Waals surface area contributed by atoms with Gasteiger partial charge in [0.05, 0.1) is 11.7 Å². The minimum atomic E-state index is -4.42. The van der Waals surface area contributed by atoms with E-state index < -0.39 is 23.7 Å². The van der Waals surface area contributed by atoms with E-state index in [1.165, 1.54) is 24.3 Å². The lowest BCUT2D eigenvalue weighted by molar-refractivity contribution is -0.137. The summed E-state index contributed by atoms with van der Waals surface area (Å²) >= 11 is 0. The van der Waals surface area contributed by atoms with Gasteiger partial charge in [-0.15, -0.1) is 0 Å². The van der Waals surface area contributed by atoms with Crippen LogP contribution in [0.1, 0.15) is 28.4 Å². The third kappa shape index (κ3) is 4.04. The molecule has 0 radical (unpaired) electrons. The van der Waals surface area contributed by atoms with E-state index in [1.54, 1.807) is 13.0 Å². The molecule has 1 N–H and O–H groups in total. The first-order valence-electron chi connectivity index (χ1n) is 6.37. The van der Waals surface area contributed by atoms with Crippen molar-refractivity contribution >= 4 is 0 Å². The number of alkyl halides is 3. The summed E-state index contributed by atoms with van der Waals surface area (Å²) in [6, 6.07) is 8.89. The summed E-state index contributed by atoms with van der Waals surface area (Å²) in [7, 11) is 0. The molecule has 0 amide bonds. The van der Waals surface area contributed by atoms with Crippen LogP contribution in [0.4, 0.5) is 17.6 Å². The standard InChI is InChI=1S/C16H14F4O/c1-10-5-12(9-14(17)6-10)15(21)8-11-3-2-4-13(7-11)16(18,19)20/h2-7,9,15,21H,8H2,1H3. The van der Waals surface area contributed by atoms with Gasteiger partial charge in [-0.2, -0.15) is 13.2 Å². The molecule has 2 aromatic rings. The molecule has 1 nitrogen and oxygen atoms in total. The number of benzene rings is 2. The van der Waals surface area contributed by atoms with E-state index in [4.69, 9.17) is 0 Å². The zero-order chi connectivity index (χ0) is 15.6. The molecule has 0 spiro atoms. The molecule has 0 fully saturated rings. The Hall–Kier alpha value is -1.88. The zero-order valence-corrected chi connectivity index (χ0v) is 11.3. The van der Waals surface area contributed by atoms with Crippen LogP contribution in [-0.4, -0.2) is 5.11 Å². The van der Waals surface area contributed by atoms with Crippen molar-refractivity contribution in [1.82, 2.24) is 0 Å². The van der Waals surface area contributed by atoms with Gasteiger partial charge in [-0.05, 0) is 41.8 Å². The molecule has 0 aliphatic rings. The van der Waals surface area contributed by atoms with E-state index in [-0.39, 0.29) is 6.42 Å². The summed E-state index contributed by atoms with van der Waals surface area (Å²) < 4.78 is 51.2. The van der Waals surface area contributed by atoms with Gasteiger partial charge in [0, 0.05) is 6.42 Å². The number of halogens is 4. The summed E-state index contributed by atoms with van der Waals surface area (Å²) in [6.45, 7) is 1.68. The molecule has 2 aromatic carbocycles. The molecule has 0 aliphatic carbocycles. The number of aryl methyl sites for hydroxylation is 1. The Balaban J connectivity index is 2.21. The fourth-order valence-electron chi connectivity index (χ4n) is 2.17. The minimum Gasteiger partial charge on any atom is -0.388 e. The van der Waals surface area contributed by atoms with Crippen LogP contribution in [-0.2, 0) is 12.6 Å². The molecule has 5 heteroatoms. The molecule has 21 heavy (non-hydrogen) atoms. The molecule has 0 aromatic heterocycles. The van der Waals surface area contributed by atoms with Crippen molar-refractivity contribution in [2.75, 3.05) is 0 Å². The largest absolute Gasteiger partial charge is 0.416 e. The van der Waals surface area contributed by atoms with E-state index >= 15 is 0 Å². The van der Waals surface area contributed by atoms with Crippen molar-refractivity contribution in [3.63, 3.8) is 0 Å². The first kappa shape index (κ1) is 15.5. The first-order chi connectivity index (χ1) is 9.75. The van der Waals surface area contributed by atoms with Gasteiger partial charge in [-0.3, -0.25) is 0 Å². The summed E-state index contributed by atoms with van der Waals surface area (Å²) in [4.78, 5) is 0. The topological polar surface area (TPSA) is 20.2 Å². The highest BCUT2D eigenvalue weighted by atomic mass is 19.4. The van der Waals surface area contributed by atoms with Crippen LogP contribution in [0.15, 0.2) is 42.5 Å². The predicted molar refractivity (Wildman–Crippen MR) is 71.2 cm³/mol. The molecule has 0 heterocycles. The average molecular weight is 298 g/mol. The van der Waals surface area contributed by atoms with Crippen LogP contribution in [0.25, 0.3) is 0 Å². The highest BCUT2D eigenvalue weighted by molar-refractivity contribution is 5.30. The van der Waals surface area contributed by atoms with Crippen molar-refractivity contribution in [3.8, 4) is 0 Å². The van der Waals surface area contributed by atoms with E-state index in [0.717, 1.165) is 12.1 Å². The molecule has 0 bridgehead atoms. The minimum absolute atomic E-state index is 0.00713. The number of hydrogen-bond donors (Lipinski definition) is 1. The highest BCUT2D eigenvalue weighted by Gasteiger charge is 2.30. The highest BCUT2D eigenvalue weighted by Crippen LogP contribution is 2.30. The Labute approximate surface area is 119 Å². The smallest absolute Gasteiger partial charge is 0.388 e. The average Bonchev–Trinajstić information content (AvgIpc) is 2.37. The van der Waals surface area contributed by atoms with Crippen LogP contribution in [0.2, 0.25) is 0 Å². The Morgan fingerprint density at radius 3 is 2.43 bits per heavy atom. The lowest BCUT2D eigenvalue weighted by atomic mass is 9.98. The van der Waals surface area contributed by atoms with Gasteiger partial charge in [-0.1, -0.05) is 24.3 Å². The van der Waals surface area contributed by atoms with Crippen LogP contribution >= 0.6 is 0 Å². The normalized spacial score (nSPS) is 13.2. The van der Waals surface area contributed by atoms with E-state index in [9.17, 15) is 22.7 Å². The van der Waals surface area contributed by atoms with Gasteiger partial charge in [0.1, 0.15) is 5.82 Å². The molecule has 1 unspecified atom stereocenters. The monoisotopic (exact) mass is 298 g/mol. The van der Waals surface area contributed by atoms with E-state index in [0.29, 0.717) is 16.7 Å². The lowest BCUT2D eigenvalue weighted by Crippen LogP contribution is -2.07. The second-order valence-corrected chi connectivity index (χ2v) is 4.98. The zero-order valence-electron chi connectivity index (χ0n) is 11.3. The maximum Gasteiger partial charge on any atom is 0.416 e. The molecule has 0 saturated carbocycles. The van der Waals surface area contributed by atoms with Gasteiger partial charge in [-0.25, -0.2) is 4.39 Å². The maximum atomic E-state index is 13.3. The lowest BCUT2D eigenvalue weighted by Gasteiger charge is -2.14. The first-order valence-corrected chi connectivity index (χ1v) is 6.37. The molecule has 0 saturated heterocycles.